The number of hydrogen-bond acceptors (Lipinski definition) is 8. The van der Waals surface area contributed by atoms with Gasteiger partial charge in [0.1, 0.15) is 22.8 Å². The van der Waals surface area contributed by atoms with E-state index in [-0.39, 0.29) is 34.6 Å². The second-order valence-corrected chi connectivity index (χ2v) is 7.59. The average Bonchev–Trinajstić information content (AvgIpc) is 2.68. The van der Waals surface area contributed by atoms with Crippen molar-refractivity contribution in [3.8, 4) is 17.2 Å². The predicted octanol–water partition coefficient (Wildman–Crippen LogP) is 1.57. The van der Waals surface area contributed by atoms with Crippen molar-refractivity contribution >= 4 is 17.3 Å². The molecule has 8 heteroatoms. The number of aromatic hydroxyl groups is 2. The number of carbonyl (C=O) groups is 3. The standard InChI is InChI=1S/C22H20O8/c1-3-30-13-6-4-5-10-15(13)21(28)17-16(18(10)25)19(26)11-7-22(29,9(2)23)8-12(24)14(11)20(17)27/h4-6,12,24,26-27,29H,3,7-8H2,1-2H3/t12-,22-/m0/s1. The van der Waals surface area contributed by atoms with Crippen LogP contribution in [0.2, 0.25) is 0 Å². The van der Waals surface area contributed by atoms with Gasteiger partial charge in [0, 0.05) is 29.5 Å². The minimum atomic E-state index is -1.97. The molecule has 2 aromatic rings. The largest absolute Gasteiger partial charge is 0.507 e. The summed E-state index contributed by atoms with van der Waals surface area (Å²) < 4.78 is 5.46. The summed E-state index contributed by atoms with van der Waals surface area (Å²) in [5, 5.41) is 42.9. The Bertz CT molecular complexity index is 1130. The second-order valence-electron chi connectivity index (χ2n) is 7.59. The molecule has 0 unspecified atom stereocenters. The van der Waals surface area contributed by atoms with Gasteiger partial charge in [-0.1, -0.05) is 12.1 Å². The van der Waals surface area contributed by atoms with Crippen molar-refractivity contribution < 1.29 is 39.5 Å². The highest BCUT2D eigenvalue weighted by Gasteiger charge is 2.47. The lowest BCUT2D eigenvalue weighted by Gasteiger charge is -2.36. The van der Waals surface area contributed by atoms with Crippen LogP contribution in [0.5, 0.6) is 17.2 Å². The van der Waals surface area contributed by atoms with Gasteiger partial charge in [0.15, 0.2) is 11.6 Å². The van der Waals surface area contributed by atoms with Crippen LogP contribution in [-0.2, 0) is 11.2 Å². The van der Waals surface area contributed by atoms with Gasteiger partial charge in [-0.25, -0.2) is 0 Å². The van der Waals surface area contributed by atoms with Gasteiger partial charge in [0.25, 0.3) is 0 Å². The SMILES string of the molecule is CCOc1cccc2c1C(=O)c1c(O)c3c(c(O)c1C2=O)C[C@@](O)(C(C)=O)C[C@@H]3O. The van der Waals surface area contributed by atoms with E-state index in [0.29, 0.717) is 0 Å². The van der Waals surface area contributed by atoms with E-state index in [1.165, 1.54) is 18.2 Å². The predicted molar refractivity (Wildman–Crippen MR) is 103 cm³/mol. The normalized spacial score (nSPS) is 22.2. The highest BCUT2D eigenvalue weighted by atomic mass is 16.5. The third-order valence-corrected chi connectivity index (χ3v) is 5.83. The molecule has 0 aliphatic heterocycles. The molecule has 2 aliphatic carbocycles. The smallest absolute Gasteiger partial charge is 0.202 e. The van der Waals surface area contributed by atoms with Crippen LogP contribution in [0.15, 0.2) is 18.2 Å². The fraction of sp³-hybridized carbons (Fsp3) is 0.318. The molecule has 0 heterocycles. The molecule has 2 atom stereocenters. The zero-order valence-electron chi connectivity index (χ0n) is 16.4. The van der Waals surface area contributed by atoms with Crippen molar-refractivity contribution in [3.05, 3.63) is 51.6 Å². The van der Waals surface area contributed by atoms with Crippen molar-refractivity contribution in [2.24, 2.45) is 0 Å². The number of aliphatic hydroxyl groups is 2. The number of ether oxygens (including phenoxy) is 1. The van der Waals surface area contributed by atoms with Gasteiger partial charge in [-0.2, -0.15) is 0 Å². The zero-order valence-corrected chi connectivity index (χ0v) is 16.4. The third kappa shape index (κ3) is 2.57. The van der Waals surface area contributed by atoms with E-state index < -0.39 is 64.5 Å². The van der Waals surface area contributed by atoms with Crippen LogP contribution >= 0.6 is 0 Å². The molecule has 0 aromatic heterocycles. The number of rotatable bonds is 3. The Balaban J connectivity index is 2.01. The third-order valence-electron chi connectivity index (χ3n) is 5.83. The minimum absolute atomic E-state index is 0.00582. The minimum Gasteiger partial charge on any atom is -0.507 e. The van der Waals surface area contributed by atoms with Crippen LogP contribution in [0.25, 0.3) is 0 Å². The fourth-order valence-corrected chi connectivity index (χ4v) is 4.32. The molecular weight excluding hydrogens is 392 g/mol. The number of carbonyl (C=O) groups excluding carboxylic acids is 3. The summed E-state index contributed by atoms with van der Waals surface area (Å²) in [6.07, 6.45) is -2.34. The molecular formula is C22H20O8. The number of phenols is 2. The van der Waals surface area contributed by atoms with Crippen molar-refractivity contribution in [1.29, 1.82) is 0 Å². The number of Topliss-reactive ketones (excluding diaryl/α,β-unsaturated/α-hetero) is 1. The molecule has 30 heavy (non-hydrogen) atoms. The lowest BCUT2D eigenvalue weighted by molar-refractivity contribution is -0.139. The maximum Gasteiger partial charge on any atom is 0.202 e. The van der Waals surface area contributed by atoms with Crippen LogP contribution in [0.4, 0.5) is 0 Å². The van der Waals surface area contributed by atoms with E-state index in [1.54, 1.807) is 6.92 Å². The molecule has 8 nitrogen and oxygen atoms in total. The van der Waals surface area contributed by atoms with Crippen LogP contribution < -0.4 is 4.74 Å². The molecule has 0 spiro atoms. The summed E-state index contributed by atoms with van der Waals surface area (Å²) in [5.41, 5.74) is -3.14. The van der Waals surface area contributed by atoms with Gasteiger partial charge in [-0.15, -0.1) is 0 Å². The molecule has 2 aliphatic rings. The highest BCUT2D eigenvalue weighted by molar-refractivity contribution is 6.31. The summed E-state index contributed by atoms with van der Waals surface area (Å²) >= 11 is 0. The Morgan fingerprint density at radius 3 is 2.43 bits per heavy atom. The number of ketones is 3. The Morgan fingerprint density at radius 1 is 1.13 bits per heavy atom. The first-order chi connectivity index (χ1) is 14.1. The summed E-state index contributed by atoms with van der Waals surface area (Å²) in [6.45, 7) is 3.11. The molecule has 2 aromatic carbocycles. The van der Waals surface area contributed by atoms with Crippen LogP contribution in [-0.4, -0.2) is 50.0 Å². The first kappa shape index (κ1) is 20.1. The number of fused-ring (bicyclic) bond motifs is 3. The van der Waals surface area contributed by atoms with E-state index >= 15 is 0 Å². The topological polar surface area (TPSA) is 141 Å². The Labute approximate surface area is 171 Å². The quantitative estimate of drug-likeness (QED) is 0.475. The monoisotopic (exact) mass is 412 g/mol. The first-order valence-corrected chi connectivity index (χ1v) is 9.49. The van der Waals surface area contributed by atoms with Gasteiger partial charge in [-0.3, -0.25) is 14.4 Å². The van der Waals surface area contributed by atoms with Crippen molar-refractivity contribution in [1.82, 2.24) is 0 Å². The maximum atomic E-state index is 13.3. The summed E-state index contributed by atoms with van der Waals surface area (Å²) in [7, 11) is 0. The van der Waals surface area contributed by atoms with Gasteiger partial charge < -0.3 is 25.2 Å². The lowest BCUT2D eigenvalue weighted by Crippen LogP contribution is -2.44. The average molecular weight is 412 g/mol. The van der Waals surface area contributed by atoms with Gasteiger partial charge in [0.05, 0.1) is 29.4 Å². The van der Waals surface area contributed by atoms with E-state index in [4.69, 9.17) is 4.74 Å². The summed E-state index contributed by atoms with van der Waals surface area (Å²) in [6, 6.07) is 4.47. The van der Waals surface area contributed by atoms with E-state index in [9.17, 15) is 34.8 Å². The Kier molecular flexibility index (Phi) is 4.44. The van der Waals surface area contributed by atoms with Crippen molar-refractivity contribution in [3.63, 3.8) is 0 Å². The molecule has 156 valence electrons. The van der Waals surface area contributed by atoms with Crippen LogP contribution in [0.1, 0.15) is 69.3 Å². The van der Waals surface area contributed by atoms with E-state index in [1.807, 2.05) is 0 Å². The number of phenolic OH excluding ortho intramolecular Hbond substituents is 2. The summed E-state index contributed by atoms with van der Waals surface area (Å²) in [5.74, 6) is -3.17. The zero-order chi connectivity index (χ0) is 22.0. The van der Waals surface area contributed by atoms with Crippen molar-refractivity contribution in [2.45, 2.75) is 38.4 Å². The molecule has 0 amide bonds. The molecule has 0 saturated heterocycles. The van der Waals surface area contributed by atoms with Crippen LogP contribution in [0, 0.1) is 0 Å². The molecule has 4 rings (SSSR count). The molecule has 0 bridgehead atoms. The second kappa shape index (κ2) is 6.65. The lowest BCUT2D eigenvalue weighted by atomic mass is 9.72. The number of aliphatic hydroxyl groups excluding tert-OH is 1. The fourth-order valence-electron chi connectivity index (χ4n) is 4.32. The Hall–Kier alpha value is -3.23. The highest BCUT2D eigenvalue weighted by Crippen LogP contribution is 2.50. The van der Waals surface area contributed by atoms with Gasteiger partial charge in [0.2, 0.25) is 5.78 Å². The number of benzene rings is 2. The maximum absolute atomic E-state index is 13.3. The first-order valence-electron chi connectivity index (χ1n) is 9.49. The summed E-state index contributed by atoms with van der Waals surface area (Å²) in [4.78, 5) is 38.3. The molecule has 4 N–H and O–H groups in total. The number of hydrogen-bond donors (Lipinski definition) is 4. The van der Waals surface area contributed by atoms with Gasteiger partial charge >= 0.3 is 0 Å². The van der Waals surface area contributed by atoms with Crippen LogP contribution in [0.3, 0.4) is 0 Å². The van der Waals surface area contributed by atoms with Gasteiger partial charge in [-0.05, 0) is 19.9 Å². The molecule has 0 saturated carbocycles. The van der Waals surface area contributed by atoms with E-state index in [2.05, 4.69) is 0 Å². The van der Waals surface area contributed by atoms with Crippen molar-refractivity contribution in [2.75, 3.05) is 6.61 Å². The Morgan fingerprint density at radius 2 is 1.80 bits per heavy atom. The van der Waals surface area contributed by atoms with E-state index in [0.717, 1.165) is 6.92 Å². The molecule has 0 radical (unpaired) electrons. The molecule has 0 fully saturated rings.